The van der Waals surface area contributed by atoms with Crippen molar-refractivity contribution in [1.29, 1.82) is 0 Å². The van der Waals surface area contributed by atoms with Gasteiger partial charge in [0, 0.05) is 74.1 Å². The van der Waals surface area contributed by atoms with Gasteiger partial charge in [-0.05, 0) is 153 Å². The van der Waals surface area contributed by atoms with Crippen molar-refractivity contribution in [1.82, 2.24) is 40.2 Å². The number of ether oxygens (including phenoxy) is 5. The molecule has 12 rings (SSSR count). The Morgan fingerprint density at radius 1 is 0.881 bits per heavy atom. The molecule has 5 unspecified atom stereocenters. The maximum atomic E-state index is 13.9. The van der Waals surface area contributed by atoms with Crippen LogP contribution in [0.25, 0.3) is 21.3 Å². The summed E-state index contributed by atoms with van der Waals surface area (Å²) >= 11 is 1.40. The van der Waals surface area contributed by atoms with Gasteiger partial charge in [-0.3, -0.25) is 38.5 Å². The van der Waals surface area contributed by atoms with E-state index in [1.807, 2.05) is 59.0 Å². The van der Waals surface area contributed by atoms with Crippen molar-refractivity contribution in [2.24, 2.45) is 22.2 Å². The Labute approximate surface area is 632 Å². The molecule has 2 saturated heterocycles. The number of thiazole rings is 1. The summed E-state index contributed by atoms with van der Waals surface area (Å²) in [5.74, 6) is -6.28. The normalized spacial score (nSPS) is 25.7. The molecule has 109 heavy (non-hydrogen) atoms. The number of benzene rings is 3. The average Bonchev–Trinajstić information content (AvgIpc) is 0.856. The number of anilines is 2. The number of amides is 5. The van der Waals surface area contributed by atoms with E-state index in [0.717, 1.165) is 70.5 Å². The lowest BCUT2D eigenvalue weighted by atomic mass is 9.41. The molecule has 6 heterocycles. The molecular weight excluding hydrogens is 1460 g/mol. The Bertz CT molecular complexity index is 4520. The number of carboxylic acid groups (broad SMARTS) is 3. The van der Waals surface area contributed by atoms with E-state index in [1.54, 1.807) is 43.6 Å². The highest BCUT2D eigenvalue weighted by atomic mass is 32.2. The molecule has 3 aliphatic heterocycles. The summed E-state index contributed by atoms with van der Waals surface area (Å²) in [7, 11) is -2.79. The largest absolute Gasteiger partial charge is 0.481 e. The molecular formula is C75H92N10O22S2. The number of hydrogen-bond donors (Lipinski definition) is 10. The number of carbonyl (C=O) groups excluding carboxylic acids is 5. The van der Waals surface area contributed by atoms with Gasteiger partial charge in [0.15, 0.2) is 16.9 Å². The first-order valence-electron chi connectivity index (χ1n) is 36.5. The Hall–Kier alpha value is -9.26. The summed E-state index contributed by atoms with van der Waals surface area (Å²) in [6.45, 7) is 7.08. The number of nitrogens with one attached hydrogen (secondary N) is 3. The van der Waals surface area contributed by atoms with Gasteiger partial charge in [0.05, 0.1) is 67.1 Å². The second kappa shape index (κ2) is 33.1. The summed E-state index contributed by atoms with van der Waals surface area (Å²) in [6, 6.07) is 19.9. The lowest BCUT2D eigenvalue weighted by Gasteiger charge is -2.66. The maximum Gasteiger partial charge on any atom is 0.409 e. The average molecular weight is 1550 g/mol. The van der Waals surface area contributed by atoms with Crippen LogP contribution in [-0.2, 0) is 85.6 Å². The van der Waals surface area contributed by atoms with Crippen LogP contribution in [0.5, 0.6) is 5.75 Å². The third-order valence-corrected chi connectivity index (χ3v) is 23.8. The number of likely N-dealkylation sites (tertiary alicyclic amines) is 1. The Morgan fingerprint density at radius 2 is 1.68 bits per heavy atom. The molecule has 6 aromatic rings. The lowest BCUT2D eigenvalue weighted by Crippen LogP contribution is -2.61. The van der Waals surface area contributed by atoms with Crippen molar-refractivity contribution in [3.05, 3.63) is 118 Å². The van der Waals surface area contributed by atoms with Gasteiger partial charge in [-0.1, -0.05) is 61.6 Å². The first kappa shape index (κ1) is 79.3. The van der Waals surface area contributed by atoms with Crippen molar-refractivity contribution in [3.63, 3.8) is 0 Å². The molecule has 0 radical (unpaired) electrons. The minimum atomic E-state index is -4.36. The number of para-hydroxylation sites is 1. The van der Waals surface area contributed by atoms with Gasteiger partial charge in [0.25, 0.3) is 16.0 Å². The molecule has 12 atom stereocenters. The number of rotatable bonds is 32. The van der Waals surface area contributed by atoms with Crippen LogP contribution < -0.4 is 25.6 Å². The fraction of sp³-hybridized carbons (Fsp3) is 0.533. The summed E-state index contributed by atoms with van der Waals surface area (Å²) in [4.78, 5) is 117. The molecule has 5 amide bonds. The quantitative estimate of drug-likeness (QED) is 0.0182. The molecule has 6 aliphatic rings. The fourth-order valence-electron chi connectivity index (χ4n) is 17.3. The second-order valence-corrected chi connectivity index (χ2v) is 32.9. The predicted molar refractivity (Wildman–Crippen MR) is 392 cm³/mol. The molecule has 3 aliphatic carbocycles. The molecule has 3 aromatic carbocycles. The number of unbranched alkanes of at least 4 members (excludes halogenated alkanes) is 1. The number of hydrogen-bond acceptors (Lipinski definition) is 23. The standard InChI is InChI=1S/C75H92N10O22S2/c1-42-49(47-17-18-57(80-61(47)68(95)96)83-25-22-44-11-9-12-48(50(44)34-83)66(93)81-71-79-52-13-5-6-14-56(52)108-71)33-77-85(42)41-75-32-55(51-21-23-73(2,39-75)38-74(51,3)40-75)104-27-26-82(4)72(99)105-36-45-16-15-43(30-54(45)106-70-64(92)62(90)63(91)65(107-70)69(97)98)10-7-8-24-76-59(87)35-84-46(37-103-28-29-109(100,101)102)31-53(67(84)94)78-58(86)19-20-60(88)89/h5-6,9,11-18,30,33,46,51,53,55,62-65,70,90-92H,7-8,10,19-29,31-32,34-41H2,1-4H3,(H,76,87)(H,78,86)(H,88,89)(H,95,96)(H,97,98)(H,79,81,93)(H,100,101,102)/t46-,51?,53-,55?,62-,63-,64+,65-,70+,73?,74?,75?/m0/s1. The van der Waals surface area contributed by atoms with E-state index >= 15 is 0 Å². The number of aromatic carboxylic acids is 1. The number of pyridine rings is 1. The Balaban J connectivity index is 0.662. The van der Waals surface area contributed by atoms with Gasteiger partial charge in [-0.25, -0.2) is 24.4 Å². The second-order valence-electron chi connectivity index (χ2n) is 30.3. The Morgan fingerprint density at radius 3 is 2.44 bits per heavy atom. The van der Waals surface area contributed by atoms with Crippen LogP contribution in [0, 0.1) is 29.1 Å². The monoisotopic (exact) mass is 1550 g/mol. The van der Waals surface area contributed by atoms with Crippen molar-refractivity contribution < 1.29 is 106 Å². The van der Waals surface area contributed by atoms with Gasteiger partial charge in [-0.15, -0.1) is 0 Å². The smallest absolute Gasteiger partial charge is 0.409 e. The summed E-state index contributed by atoms with van der Waals surface area (Å²) in [6.07, 6.45) is -2.38. The number of carboxylic acids is 3. The van der Waals surface area contributed by atoms with Crippen LogP contribution in [0.4, 0.5) is 15.7 Å². The predicted octanol–water partition coefficient (Wildman–Crippen LogP) is 5.59. The zero-order valence-corrected chi connectivity index (χ0v) is 62.5. The van der Waals surface area contributed by atoms with Crippen LogP contribution in [-0.4, -0.2) is 228 Å². The maximum absolute atomic E-state index is 13.9. The molecule has 32 nitrogen and oxygen atoms in total. The van der Waals surface area contributed by atoms with Gasteiger partial charge in [0.1, 0.15) is 42.5 Å². The third kappa shape index (κ3) is 18.5. The van der Waals surface area contributed by atoms with Crippen LogP contribution in [0.3, 0.4) is 0 Å². The molecule has 34 heteroatoms. The molecule has 10 N–H and O–H groups in total. The summed E-state index contributed by atoms with van der Waals surface area (Å²) in [5, 5.41) is 75.3. The number of fused-ring (bicyclic) bond motifs is 4. The van der Waals surface area contributed by atoms with Crippen molar-refractivity contribution in [2.45, 2.75) is 173 Å². The molecule has 5 fully saturated rings. The van der Waals surface area contributed by atoms with Crippen LogP contribution in [0.1, 0.15) is 133 Å². The number of likely N-dealkylation sites (N-methyl/N-ethyl adjacent to an activating group) is 1. The molecule has 3 bridgehead atoms. The minimum Gasteiger partial charge on any atom is -0.481 e. The molecule has 3 saturated carbocycles. The van der Waals surface area contributed by atoms with Gasteiger partial charge >= 0.3 is 24.0 Å². The lowest BCUT2D eigenvalue weighted by molar-refractivity contribution is -0.271. The zero-order valence-electron chi connectivity index (χ0n) is 60.9. The van der Waals surface area contributed by atoms with E-state index in [4.69, 9.17) is 43.4 Å². The van der Waals surface area contributed by atoms with E-state index in [-0.39, 0.29) is 90.5 Å². The number of aryl methyl sites for hydroxylation is 1. The fourth-order valence-corrected chi connectivity index (χ4v) is 18.4. The number of carbonyl (C=O) groups is 8. The Kier molecular flexibility index (Phi) is 24.1. The number of aromatic nitrogens is 4. The van der Waals surface area contributed by atoms with Gasteiger partial charge in [-0.2, -0.15) is 13.5 Å². The highest BCUT2D eigenvalue weighted by Gasteiger charge is 2.62. The number of nitrogens with zero attached hydrogens (tertiary/aromatic N) is 7. The van der Waals surface area contributed by atoms with Crippen LogP contribution >= 0.6 is 11.3 Å². The zero-order chi connectivity index (χ0) is 77.9. The van der Waals surface area contributed by atoms with Crippen LogP contribution in [0.15, 0.2) is 79.0 Å². The number of aliphatic hydroxyl groups excluding tert-OH is 3. The van der Waals surface area contributed by atoms with E-state index in [0.29, 0.717) is 78.5 Å². The SMILES string of the molecule is Cc1c(-c2ccc(N3CCc4cccc(C(=O)Nc5nc6ccccc6s5)c4C3)nc2C(=O)O)cnn1CC12CC(OCCN(C)C(=O)OCc3ccc(CCCCNC(=O)CN4C(=O)[C@@H](NC(=O)CCC(=O)O)C[C@H]4COCCS(=O)(=O)O)cc3O[C@@H]3O[C@H](C(=O)O)[C@@H](O)[C@H](O)[C@H]3O)C3CCC(C)(C1)CC3(C)C2. The van der Waals surface area contributed by atoms with Crippen molar-refractivity contribution >= 4 is 90.3 Å². The number of aliphatic carboxylic acids is 2. The highest BCUT2D eigenvalue weighted by molar-refractivity contribution is 7.85. The highest BCUT2D eigenvalue weighted by Crippen LogP contribution is 2.69. The van der Waals surface area contributed by atoms with Crippen molar-refractivity contribution in [2.75, 3.05) is 69.0 Å². The summed E-state index contributed by atoms with van der Waals surface area (Å²) < 4.78 is 64.2. The van der Waals surface area contributed by atoms with E-state index < -0.39 is 126 Å². The molecule has 586 valence electrons. The van der Waals surface area contributed by atoms with Crippen molar-refractivity contribution in [3.8, 4) is 16.9 Å². The van der Waals surface area contributed by atoms with Gasteiger partial charge in [0.2, 0.25) is 24.0 Å². The van der Waals surface area contributed by atoms with Crippen LogP contribution in [0.2, 0.25) is 0 Å². The van der Waals surface area contributed by atoms with Gasteiger partial charge < -0.3 is 79.7 Å². The summed E-state index contributed by atoms with van der Waals surface area (Å²) in [5.41, 5.74) is 5.57. The topological polar surface area (TPSA) is 448 Å². The van der Waals surface area contributed by atoms with E-state index in [9.17, 15) is 72.3 Å². The number of aliphatic hydroxyl groups is 3. The first-order chi connectivity index (χ1) is 51.8. The molecule has 3 aromatic heterocycles. The van der Waals surface area contributed by atoms with E-state index in [1.165, 1.54) is 16.2 Å². The third-order valence-electron chi connectivity index (χ3n) is 22.1. The first-order valence-corrected chi connectivity index (χ1v) is 38.9. The molecule has 0 spiro atoms. The minimum absolute atomic E-state index is 0.0157. The van der Waals surface area contributed by atoms with E-state index in [2.05, 4.69) is 34.8 Å².